The molecule has 5 nitrogen and oxygen atoms in total. The number of amides is 2. The van der Waals surface area contributed by atoms with Gasteiger partial charge in [-0.2, -0.15) is 0 Å². The molecule has 2 amide bonds. The fourth-order valence-corrected chi connectivity index (χ4v) is 4.39. The first-order chi connectivity index (χ1) is 12.5. The van der Waals surface area contributed by atoms with Gasteiger partial charge in [-0.15, -0.1) is 0 Å². The first-order valence-electron chi connectivity index (χ1n) is 8.94. The monoisotopic (exact) mass is 390 g/mol. The number of hydrogen-bond acceptors (Lipinski definition) is 4. The van der Waals surface area contributed by atoms with Crippen LogP contribution in [0.5, 0.6) is 0 Å². The summed E-state index contributed by atoms with van der Waals surface area (Å²) in [5, 5.41) is 0. The van der Waals surface area contributed by atoms with E-state index in [0.29, 0.717) is 28.6 Å². The van der Waals surface area contributed by atoms with Crippen molar-refractivity contribution >= 4 is 46.2 Å². The van der Waals surface area contributed by atoms with Gasteiger partial charge in [0.05, 0.1) is 38.1 Å². The van der Waals surface area contributed by atoms with E-state index in [0.717, 1.165) is 31.7 Å². The second kappa shape index (κ2) is 8.79. The Hall–Kier alpha value is -1.70. The van der Waals surface area contributed by atoms with Gasteiger partial charge in [-0.05, 0) is 18.1 Å². The Kier molecular flexibility index (Phi) is 6.45. The second-order valence-corrected chi connectivity index (χ2v) is 8.36. The molecule has 2 aliphatic heterocycles. The topological polar surface area (TPSA) is 45.1 Å². The number of likely N-dealkylation sites (N-methyl/N-ethyl adjacent to an activating group) is 1. The average Bonchev–Trinajstić information content (AvgIpc) is 2.90. The number of benzene rings is 1. The number of rotatable bonds is 5. The van der Waals surface area contributed by atoms with E-state index >= 15 is 0 Å². The van der Waals surface area contributed by atoms with E-state index in [1.54, 1.807) is 4.90 Å². The smallest absolute Gasteiger partial charge is 0.266 e. The van der Waals surface area contributed by atoms with Crippen LogP contribution in [-0.4, -0.2) is 65.7 Å². The summed E-state index contributed by atoms with van der Waals surface area (Å²) >= 11 is 6.69. The van der Waals surface area contributed by atoms with Crippen LogP contribution in [0.2, 0.25) is 0 Å². The third-order valence-corrected chi connectivity index (χ3v) is 6.09. The molecule has 0 aromatic heterocycles. The molecule has 26 heavy (non-hydrogen) atoms. The van der Waals surface area contributed by atoms with Gasteiger partial charge in [0.15, 0.2) is 0 Å². The molecule has 0 atom stereocenters. The Labute approximate surface area is 164 Å². The number of piperazine rings is 1. The number of carbonyl (C=O) groups excluding carboxylic acids is 2. The molecule has 3 rings (SSSR count). The highest BCUT2D eigenvalue weighted by molar-refractivity contribution is 8.26. The number of thioether (sulfide) groups is 1. The lowest BCUT2D eigenvalue weighted by molar-refractivity contribution is -0.883. The van der Waals surface area contributed by atoms with E-state index in [1.807, 2.05) is 41.3 Å². The highest BCUT2D eigenvalue weighted by Crippen LogP contribution is 2.32. The lowest BCUT2D eigenvalue weighted by Gasteiger charge is -2.30. The van der Waals surface area contributed by atoms with Crippen molar-refractivity contribution in [3.8, 4) is 0 Å². The first-order valence-corrected chi connectivity index (χ1v) is 10.2. The van der Waals surface area contributed by atoms with E-state index in [4.69, 9.17) is 12.2 Å². The molecule has 2 aliphatic rings. The lowest BCUT2D eigenvalue weighted by atomic mass is 10.2. The van der Waals surface area contributed by atoms with Crippen LogP contribution in [0.15, 0.2) is 35.2 Å². The summed E-state index contributed by atoms with van der Waals surface area (Å²) in [7, 11) is 2.15. The van der Waals surface area contributed by atoms with E-state index in [9.17, 15) is 9.59 Å². The minimum Gasteiger partial charge on any atom is -0.334 e. The van der Waals surface area contributed by atoms with E-state index in [-0.39, 0.29) is 11.8 Å². The van der Waals surface area contributed by atoms with Crippen molar-refractivity contribution in [1.29, 1.82) is 0 Å². The minimum atomic E-state index is -0.0560. The summed E-state index contributed by atoms with van der Waals surface area (Å²) < 4.78 is 0.577. The molecular formula is C19H24N3O2S2+. The molecule has 1 aromatic carbocycles. The number of nitrogens with one attached hydrogen (secondary N) is 1. The van der Waals surface area contributed by atoms with Crippen molar-refractivity contribution < 1.29 is 14.5 Å². The van der Waals surface area contributed by atoms with Crippen LogP contribution in [0, 0.1) is 0 Å². The van der Waals surface area contributed by atoms with E-state index in [2.05, 4.69) is 7.05 Å². The summed E-state index contributed by atoms with van der Waals surface area (Å²) in [4.78, 5) is 30.6. The van der Waals surface area contributed by atoms with Crippen LogP contribution >= 0.6 is 24.0 Å². The summed E-state index contributed by atoms with van der Waals surface area (Å²) in [6.45, 7) is 4.16. The standard InChI is InChI=1S/C19H23N3O2S2/c1-20-10-12-21(13-11-20)17(23)8-5-9-22-18(24)16(26-19(22)25)14-15-6-3-2-4-7-15/h2-4,6-7,14H,5,8-13H2,1H3/p+1. The maximum absolute atomic E-state index is 12.6. The Morgan fingerprint density at radius 2 is 1.96 bits per heavy atom. The molecule has 2 heterocycles. The summed E-state index contributed by atoms with van der Waals surface area (Å²) in [5.74, 6) is 0.127. The van der Waals surface area contributed by atoms with Crippen molar-refractivity contribution in [1.82, 2.24) is 9.80 Å². The predicted molar refractivity (Wildman–Crippen MR) is 109 cm³/mol. The number of nitrogens with zero attached hydrogens (tertiary/aromatic N) is 2. The van der Waals surface area contributed by atoms with Crippen molar-refractivity contribution in [2.45, 2.75) is 12.8 Å². The summed E-state index contributed by atoms with van der Waals surface area (Å²) in [5.41, 5.74) is 0.986. The molecular weight excluding hydrogens is 366 g/mol. The first kappa shape index (κ1) is 19.1. The Morgan fingerprint density at radius 1 is 1.27 bits per heavy atom. The van der Waals surface area contributed by atoms with Crippen molar-refractivity contribution in [3.63, 3.8) is 0 Å². The zero-order chi connectivity index (χ0) is 18.5. The second-order valence-electron chi connectivity index (χ2n) is 6.69. The molecule has 7 heteroatoms. The molecule has 0 saturated carbocycles. The molecule has 1 aromatic rings. The molecule has 0 aliphatic carbocycles. The van der Waals surface area contributed by atoms with Gasteiger partial charge in [0.25, 0.3) is 5.91 Å². The number of thiocarbonyl (C=S) groups is 1. The van der Waals surface area contributed by atoms with Crippen LogP contribution in [0.25, 0.3) is 6.08 Å². The zero-order valence-corrected chi connectivity index (χ0v) is 16.6. The van der Waals surface area contributed by atoms with Crippen molar-refractivity contribution in [3.05, 3.63) is 40.8 Å². The highest BCUT2D eigenvalue weighted by atomic mass is 32.2. The van der Waals surface area contributed by atoms with Crippen LogP contribution in [0.4, 0.5) is 0 Å². The van der Waals surface area contributed by atoms with Gasteiger partial charge in [0.1, 0.15) is 4.32 Å². The quantitative estimate of drug-likeness (QED) is 0.602. The fraction of sp³-hybridized carbons (Fsp3) is 0.421. The van der Waals surface area contributed by atoms with Crippen molar-refractivity contribution in [2.24, 2.45) is 0 Å². The van der Waals surface area contributed by atoms with E-state index < -0.39 is 0 Å². The normalized spacial score (nSPS) is 20.3. The average molecular weight is 391 g/mol. The Bertz CT molecular complexity index is 713. The van der Waals surface area contributed by atoms with Gasteiger partial charge in [0.2, 0.25) is 5.91 Å². The van der Waals surface area contributed by atoms with Crippen molar-refractivity contribution in [2.75, 3.05) is 39.8 Å². The molecule has 0 radical (unpaired) electrons. The predicted octanol–water partition coefficient (Wildman–Crippen LogP) is 1.02. The van der Waals surface area contributed by atoms with Gasteiger partial charge >= 0.3 is 0 Å². The van der Waals surface area contributed by atoms with Gasteiger partial charge in [0, 0.05) is 13.0 Å². The molecule has 2 fully saturated rings. The van der Waals surface area contributed by atoms with Gasteiger partial charge in [-0.25, -0.2) is 0 Å². The van der Waals surface area contributed by atoms with E-state index in [1.165, 1.54) is 16.7 Å². The number of carbonyl (C=O) groups is 2. The van der Waals surface area contributed by atoms with Crippen LogP contribution < -0.4 is 4.90 Å². The fourth-order valence-electron chi connectivity index (χ4n) is 3.08. The van der Waals surface area contributed by atoms with Gasteiger partial charge < -0.3 is 9.80 Å². The maximum Gasteiger partial charge on any atom is 0.266 e. The number of hydrogen-bond donors (Lipinski definition) is 1. The van der Waals surface area contributed by atoms with Crippen LogP contribution in [-0.2, 0) is 9.59 Å². The molecule has 1 N–H and O–H groups in total. The number of quaternary nitrogens is 1. The van der Waals surface area contributed by atoms with Crippen LogP contribution in [0.3, 0.4) is 0 Å². The summed E-state index contributed by atoms with van der Waals surface area (Å²) in [6, 6.07) is 9.75. The maximum atomic E-state index is 12.6. The SMILES string of the molecule is C[NH+]1CCN(C(=O)CCCN2C(=O)C(=Cc3ccccc3)SC2=S)CC1. The highest BCUT2D eigenvalue weighted by Gasteiger charge is 2.31. The minimum absolute atomic E-state index is 0.0560. The van der Waals surface area contributed by atoms with Gasteiger partial charge in [-0.3, -0.25) is 14.5 Å². The molecule has 0 unspecified atom stereocenters. The molecule has 2 saturated heterocycles. The Balaban J connectivity index is 1.50. The van der Waals surface area contributed by atoms with Crippen LogP contribution in [0.1, 0.15) is 18.4 Å². The molecule has 0 spiro atoms. The zero-order valence-electron chi connectivity index (χ0n) is 14.9. The third kappa shape index (κ3) is 4.72. The lowest BCUT2D eigenvalue weighted by Crippen LogP contribution is -3.12. The summed E-state index contributed by atoms with van der Waals surface area (Å²) in [6.07, 6.45) is 2.98. The third-order valence-electron chi connectivity index (χ3n) is 4.71. The molecule has 138 valence electrons. The largest absolute Gasteiger partial charge is 0.334 e. The van der Waals surface area contributed by atoms with Gasteiger partial charge in [-0.1, -0.05) is 54.3 Å². The Morgan fingerprint density at radius 3 is 2.65 bits per heavy atom. The molecule has 0 bridgehead atoms.